The van der Waals surface area contributed by atoms with Crippen LogP contribution in [0.4, 0.5) is 0 Å². The molecule has 0 aliphatic rings. The summed E-state index contributed by atoms with van der Waals surface area (Å²) in [5.74, 6) is 0.894. The summed E-state index contributed by atoms with van der Waals surface area (Å²) in [6.45, 7) is 5.03. The van der Waals surface area contributed by atoms with Gasteiger partial charge in [0, 0.05) is 5.39 Å². The Labute approximate surface area is 143 Å². The Kier molecular flexibility index (Phi) is 5.16. The average molecular weight is 323 g/mol. The number of nitrogens with zero attached hydrogens (tertiary/aromatic N) is 2. The molecule has 0 aliphatic heterocycles. The number of fused-ring (bicyclic) bond motifs is 1. The molecule has 126 valence electrons. The lowest BCUT2D eigenvalue weighted by Gasteiger charge is -2.21. The Bertz CT molecular complexity index is 780. The molecule has 1 N–H and O–H groups in total. The predicted molar refractivity (Wildman–Crippen MR) is 98.6 cm³/mol. The van der Waals surface area contributed by atoms with Gasteiger partial charge in [0.05, 0.1) is 18.3 Å². The summed E-state index contributed by atoms with van der Waals surface area (Å²) >= 11 is 0. The number of hydrogen-bond acceptors (Lipinski definition) is 3. The van der Waals surface area contributed by atoms with Gasteiger partial charge in [0.25, 0.3) is 0 Å². The fourth-order valence-electron chi connectivity index (χ4n) is 3.04. The molecule has 0 aliphatic carbocycles. The molecule has 4 heteroatoms. The molecule has 0 bridgehead atoms. The summed E-state index contributed by atoms with van der Waals surface area (Å²) < 4.78 is 8.15. The van der Waals surface area contributed by atoms with Crippen LogP contribution in [0.5, 0.6) is 5.75 Å². The number of rotatable bonds is 7. The van der Waals surface area contributed by atoms with Gasteiger partial charge in [-0.15, -0.1) is 0 Å². The molecule has 1 heterocycles. The van der Waals surface area contributed by atoms with Gasteiger partial charge in [0.2, 0.25) is 0 Å². The third kappa shape index (κ3) is 3.44. The van der Waals surface area contributed by atoms with Gasteiger partial charge in [0.1, 0.15) is 11.3 Å². The minimum absolute atomic E-state index is 0.131. The van der Waals surface area contributed by atoms with Crippen LogP contribution in [-0.2, 0) is 0 Å². The maximum atomic E-state index is 6.04. The molecular weight excluding hydrogens is 298 g/mol. The van der Waals surface area contributed by atoms with Crippen molar-refractivity contribution in [1.82, 2.24) is 15.1 Å². The molecule has 4 nitrogen and oxygen atoms in total. The minimum atomic E-state index is 0.131. The largest absolute Gasteiger partial charge is 0.489 e. The molecule has 3 aromatic rings. The minimum Gasteiger partial charge on any atom is -0.489 e. The standard InChI is InChI=1S/C20H25N3O/c1-15(2)24-19-11-7-10-17-14-22-23(20(17)19)18(12-13-21-3)16-8-5-4-6-9-16/h4-11,14-15,18,21H,12-13H2,1-3H3/t18-/m0/s1. The molecule has 1 atom stereocenters. The van der Waals surface area contributed by atoms with Crippen molar-refractivity contribution in [3.8, 4) is 5.75 Å². The van der Waals surface area contributed by atoms with Crippen molar-refractivity contribution >= 4 is 10.9 Å². The number of ether oxygens (including phenoxy) is 1. The molecule has 0 saturated heterocycles. The molecule has 24 heavy (non-hydrogen) atoms. The molecule has 2 aromatic carbocycles. The lowest BCUT2D eigenvalue weighted by molar-refractivity contribution is 0.244. The number of hydrogen-bond donors (Lipinski definition) is 1. The van der Waals surface area contributed by atoms with E-state index < -0.39 is 0 Å². The molecule has 0 radical (unpaired) electrons. The number of aromatic nitrogens is 2. The van der Waals surface area contributed by atoms with E-state index in [1.165, 1.54) is 5.56 Å². The summed E-state index contributed by atoms with van der Waals surface area (Å²) in [6.07, 6.45) is 3.02. The summed E-state index contributed by atoms with van der Waals surface area (Å²) in [6, 6.07) is 16.9. The molecule has 0 unspecified atom stereocenters. The number of nitrogens with one attached hydrogen (secondary N) is 1. The van der Waals surface area contributed by atoms with Crippen LogP contribution in [0.1, 0.15) is 31.9 Å². The van der Waals surface area contributed by atoms with E-state index in [1.807, 2.05) is 31.4 Å². The zero-order valence-electron chi connectivity index (χ0n) is 14.6. The molecule has 0 amide bonds. The van der Waals surface area contributed by atoms with Crippen molar-refractivity contribution in [1.29, 1.82) is 0 Å². The van der Waals surface area contributed by atoms with E-state index >= 15 is 0 Å². The third-order valence-corrected chi connectivity index (χ3v) is 4.09. The second kappa shape index (κ2) is 7.49. The highest BCUT2D eigenvalue weighted by atomic mass is 16.5. The normalized spacial score (nSPS) is 12.7. The maximum absolute atomic E-state index is 6.04. The monoisotopic (exact) mass is 323 g/mol. The van der Waals surface area contributed by atoms with E-state index in [4.69, 9.17) is 9.84 Å². The first-order chi connectivity index (χ1) is 11.7. The maximum Gasteiger partial charge on any atom is 0.145 e. The second-order valence-electron chi connectivity index (χ2n) is 6.27. The first-order valence-corrected chi connectivity index (χ1v) is 8.53. The van der Waals surface area contributed by atoms with Crippen LogP contribution in [0.15, 0.2) is 54.7 Å². The highest BCUT2D eigenvalue weighted by Crippen LogP contribution is 2.32. The van der Waals surface area contributed by atoms with Gasteiger partial charge in [-0.3, -0.25) is 4.68 Å². The topological polar surface area (TPSA) is 39.1 Å². The smallest absolute Gasteiger partial charge is 0.145 e. The molecular formula is C20H25N3O. The highest BCUT2D eigenvalue weighted by molar-refractivity contribution is 5.85. The Morgan fingerprint density at radius 1 is 1.08 bits per heavy atom. The summed E-state index contributed by atoms with van der Waals surface area (Å²) in [7, 11) is 1.98. The number of para-hydroxylation sites is 1. The highest BCUT2D eigenvalue weighted by Gasteiger charge is 2.19. The summed E-state index contributed by atoms with van der Waals surface area (Å²) in [5, 5.41) is 9.06. The van der Waals surface area contributed by atoms with Gasteiger partial charge in [-0.25, -0.2) is 0 Å². The van der Waals surface area contributed by atoms with Crippen LogP contribution in [0.25, 0.3) is 10.9 Å². The van der Waals surface area contributed by atoms with Gasteiger partial charge in [-0.2, -0.15) is 5.10 Å². The molecule has 0 saturated carbocycles. The first-order valence-electron chi connectivity index (χ1n) is 8.53. The zero-order chi connectivity index (χ0) is 16.9. The Morgan fingerprint density at radius 3 is 2.58 bits per heavy atom. The fraction of sp³-hybridized carbons (Fsp3) is 0.350. The quantitative estimate of drug-likeness (QED) is 0.714. The summed E-state index contributed by atoms with van der Waals surface area (Å²) in [4.78, 5) is 0. The van der Waals surface area contributed by atoms with Crippen LogP contribution in [-0.4, -0.2) is 29.5 Å². The lowest BCUT2D eigenvalue weighted by atomic mass is 10.0. The van der Waals surface area contributed by atoms with Crippen molar-refractivity contribution < 1.29 is 4.74 Å². The van der Waals surface area contributed by atoms with Gasteiger partial charge in [-0.05, 0) is 45.5 Å². The van der Waals surface area contributed by atoms with E-state index in [0.717, 1.165) is 29.6 Å². The van der Waals surface area contributed by atoms with E-state index in [2.05, 4.69) is 54.2 Å². The van der Waals surface area contributed by atoms with Crippen LogP contribution in [0.2, 0.25) is 0 Å². The van der Waals surface area contributed by atoms with Crippen molar-refractivity contribution in [3.05, 3.63) is 60.3 Å². The molecule has 3 rings (SSSR count). The van der Waals surface area contributed by atoms with Gasteiger partial charge in [-0.1, -0.05) is 42.5 Å². The van der Waals surface area contributed by atoms with Gasteiger partial charge < -0.3 is 10.1 Å². The van der Waals surface area contributed by atoms with Crippen molar-refractivity contribution in [2.45, 2.75) is 32.4 Å². The van der Waals surface area contributed by atoms with E-state index in [9.17, 15) is 0 Å². The van der Waals surface area contributed by atoms with Gasteiger partial charge >= 0.3 is 0 Å². The van der Waals surface area contributed by atoms with E-state index in [-0.39, 0.29) is 12.1 Å². The first kappa shape index (κ1) is 16.5. The molecule has 1 aromatic heterocycles. The van der Waals surface area contributed by atoms with Crippen molar-refractivity contribution in [2.75, 3.05) is 13.6 Å². The molecule has 0 spiro atoms. The summed E-state index contributed by atoms with van der Waals surface area (Å²) in [5.41, 5.74) is 2.33. The van der Waals surface area contributed by atoms with Crippen molar-refractivity contribution in [3.63, 3.8) is 0 Å². The van der Waals surface area contributed by atoms with E-state index in [1.54, 1.807) is 0 Å². The average Bonchev–Trinajstić information content (AvgIpc) is 3.01. The Balaban J connectivity index is 2.10. The SMILES string of the molecule is CNCC[C@@H](c1ccccc1)n1ncc2cccc(OC(C)C)c21. The van der Waals surface area contributed by atoms with Crippen LogP contribution < -0.4 is 10.1 Å². The van der Waals surface area contributed by atoms with Crippen molar-refractivity contribution in [2.24, 2.45) is 0 Å². The lowest BCUT2D eigenvalue weighted by Crippen LogP contribution is -2.19. The number of benzene rings is 2. The Hall–Kier alpha value is -2.33. The van der Waals surface area contributed by atoms with Crippen LogP contribution >= 0.6 is 0 Å². The fourth-order valence-corrected chi connectivity index (χ4v) is 3.04. The van der Waals surface area contributed by atoms with Crippen LogP contribution in [0, 0.1) is 0 Å². The van der Waals surface area contributed by atoms with Crippen LogP contribution in [0.3, 0.4) is 0 Å². The predicted octanol–water partition coefficient (Wildman–Crippen LogP) is 4.02. The van der Waals surface area contributed by atoms with E-state index in [0.29, 0.717) is 0 Å². The zero-order valence-corrected chi connectivity index (χ0v) is 14.6. The molecule has 0 fully saturated rings. The van der Waals surface area contributed by atoms with Gasteiger partial charge in [0.15, 0.2) is 0 Å². The third-order valence-electron chi connectivity index (χ3n) is 4.09. The Morgan fingerprint density at radius 2 is 1.88 bits per heavy atom. The second-order valence-corrected chi connectivity index (χ2v) is 6.27.